The predicted molar refractivity (Wildman–Crippen MR) is 50.3 cm³/mol. The zero-order chi connectivity index (χ0) is 8.41. The van der Waals surface area contributed by atoms with Crippen LogP contribution in [0.2, 0.25) is 0 Å². The van der Waals surface area contributed by atoms with Gasteiger partial charge in [-0.05, 0) is 0 Å². The number of aliphatic hydroxyl groups is 3. The van der Waals surface area contributed by atoms with Crippen molar-refractivity contribution < 1.29 is 15.3 Å². The molecule has 6 heteroatoms. The summed E-state index contributed by atoms with van der Waals surface area (Å²) in [4.78, 5) is 0. The minimum absolute atomic E-state index is 0. The van der Waals surface area contributed by atoms with E-state index in [0.29, 0.717) is 6.54 Å². The molecule has 0 aromatic rings. The maximum Gasteiger partial charge on any atom is 0.100 e. The van der Waals surface area contributed by atoms with Gasteiger partial charge in [-0.1, -0.05) is 0 Å². The Bertz CT molecular complexity index is 55.0. The van der Waals surface area contributed by atoms with Crippen molar-refractivity contribution in [2.24, 2.45) is 5.73 Å². The zero-order valence-corrected chi connectivity index (χ0v) is 7.89. The third-order valence-corrected chi connectivity index (χ3v) is 0.809. The van der Waals surface area contributed by atoms with Crippen molar-refractivity contribution in [3.05, 3.63) is 0 Å². The molecule has 5 N–H and O–H groups in total. The fourth-order valence-corrected chi connectivity index (χ4v) is 0.0577. The van der Waals surface area contributed by atoms with Gasteiger partial charge in [0.1, 0.15) is 6.10 Å². The van der Waals surface area contributed by atoms with Gasteiger partial charge in [0.15, 0.2) is 0 Å². The van der Waals surface area contributed by atoms with Crippen LogP contribution in [0.4, 0.5) is 0 Å². The second-order valence-electron chi connectivity index (χ2n) is 1.53. The summed E-state index contributed by atoms with van der Waals surface area (Å²) in [6, 6.07) is 0. The van der Waals surface area contributed by atoms with Crippen LogP contribution in [0.3, 0.4) is 0 Å². The standard InChI is InChI=1S/C3H8O3.C2H7NS.ClH/c4-1-3(6)2-5;3-1-2-4;/h3-6H,1-2H2;4H,1-3H2;1H. The normalized spacial score (nSPS) is 8.18. The molecule has 0 atom stereocenters. The first-order valence-electron chi connectivity index (χ1n) is 2.93. The Hall–Kier alpha value is 0.480. The van der Waals surface area contributed by atoms with E-state index in [1.54, 1.807) is 0 Å². The number of thiol groups is 1. The van der Waals surface area contributed by atoms with Gasteiger partial charge in [-0.3, -0.25) is 0 Å². The Kier molecular flexibility index (Phi) is 26.8. The summed E-state index contributed by atoms with van der Waals surface area (Å²) in [7, 11) is 0. The molecule has 0 aliphatic carbocycles. The van der Waals surface area contributed by atoms with Gasteiger partial charge in [0.05, 0.1) is 13.2 Å². The number of halogens is 1. The van der Waals surface area contributed by atoms with E-state index < -0.39 is 6.10 Å². The third kappa shape index (κ3) is 25.1. The highest BCUT2D eigenvalue weighted by Crippen LogP contribution is 1.71. The van der Waals surface area contributed by atoms with Gasteiger partial charge in [-0.15, -0.1) is 12.4 Å². The molecular formula is C5H16ClNO3S. The highest BCUT2D eigenvalue weighted by molar-refractivity contribution is 7.80. The first-order chi connectivity index (χ1) is 4.72. The average molecular weight is 206 g/mol. The first kappa shape index (κ1) is 17.5. The highest BCUT2D eigenvalue weighted by atomic mass is 35.5. The molecule has 0 fully saturated rings. The van der Waals surface area contributed by atoms with Crippen molar-refractivity contribution in [3.63, 3.8) is 0 Å². The molecule has 72 valence electrons. The lowest BCUT2D eigenvalue weighted by atomic mass is 10.4. The minimum Gasteiger partial charge on any atom is -0.394 e. The molecule has 0 rings (SSSR count). The fraction of sp³-hybridized carbons (Fsp3) is 1.00. The zero-order valence-electron chi connectivity index (χ0n) is 6.18. The third-order valence-electron chi connectivity index (χ3n) is 0.551. The van der Waals surface area contributed by atoms with E-state index in [-0.39, 0.29) is 25.6 Å². The molecule has 0 bridgehead atoms. The van der Waals surface area contributed by atoms with Gasteiger partial charge in [-0.25, -0.2) is 0 Å². The topological polar surface area (TPSA) is 86.7 Å². The van der Waals surface area contributed by atoms with E-state index in [2.05, 4.69) is 12.6 Å². The van der Waals surface area contributed by atoms with Gasteiger partial charge < -0.3 is 21.1 Å². The van der Waals surface area contributed by atoms with Crippen LogP contribution in [-0.4, -0.2) is 46.9 Å². The Labute approximate surface area is 78.2 Å². The number of nitrogens with two attached hydrogens (primary N) is 1. The summed E-state index contributed by atoms with van der Waals surface area (Å²) in [6.07, 6.45) is -0.954. The van der Waals surface area contributed by atoms with Crippen LogP contribution in [-0.2, 0) is 0 Å². The molecule has 0 aromatic heterocycles. The molecule has 4 nitrogen and oxygen atoms in total. The molecular weight excluding hydrogens is 190 g/mol. The number of aliphatic hydroxyl groups excluding tert-OH is 3. The lowest BCUT2D eigenvalue weighted by molar-refractivity contribution is 0.0450. The molecule has 0 unspecified atom stereocenters. The average Bonchev–Trinajstić information content (AvgIpc) is 2.03. The van der Waals surface area contributed by atoms with Crippen molar-refractivity contribution in [3.8, 4) is 0 Å². The van der Waals surface area contributed by atoms with E-state index in [1.807, 2.05) is 0 Å². The minimum atomic E-state index is -0.954. The maximum atomic E-state index is 8.17. The van der Waals surface area contributed by atoms with Crippen molar-refractivity contribution in [2.75, 3.05) is 25.5 Å². The van der Waals surface area contributed by atoms with E-state index in [0.717, 1.165) is 5.75 Å². The van der Waals surface area contributed by atoms with E-state index in [1.165, 1.54) is 0 Å². The van der Waals surface area contributed by atoms with E-state index >= 15 is 0 Å². The summed E-state index contributed by atoms with van der Waals surface area (Å²) in [5, 5.41) is 24.0. The molecule has 0 radical (unpaired) electrons. The van der Waals surface area contributed by atoms with Crippen molar-refractivity contribution in [1.29, 1.82) is 0 Å². The molecule has 0 amide bonds. The van der Waals surface area contributed by atoms with Crippen LogP contribution < -0.4 is 5.73 Å². The smallest absolute Gasteiger partial charge is 0.100 e. The molecule has 0 saturated heterocycles. The molecule has 0 saturated carbocycles. The summed E-state index contributed by atoms with van der Waals surface area (Å²) < 4.78 is 0. The van der Waals surface area contributed by atoms with Crippen molar-refractivity contribution in [1.82, 2.24) is 0 Å². The predicted octanol–water partition coefficient (Wildman–Crippen LogP) is -1.37. The molecule has 0 aliphatic rings. The molecule has 0 aliphatic heterocycles. The van der Waals surface area contributed by atoms with Crippen LogP contribution >= 0.6 is 25.0 Å². The summed E-state index contributed by atoms with van der Waals surface area (Å²) in [6.45, 7) is -0.0455. The molecule has 11 heavy (non-hydrogen) atoms. The van der Waals surface area contributed by atoms with Crippen molar-refractivity contribution in [2.45, 2.75) is 6.10 Å². The van der Waals surface area contributed by atoms with Crippen LogP contribution in [0.1, 0.15) is 0 Å². The van der Waals surface area contributed by atoms with E-state index in [9.17, 15) is 0 Å². The van der Waals surface area contributed by atoms with Gasteiger partial charge in [-0.2, -0.15) is 12.6 Å². The maximum absolute atomic E-state index is 8.17. The first-order valence-corrected chi connectivity index (χ1v) is 3.56. The number of hydrogen-bond donors (Lipinski definition) is 5. The van der Waals surface area contributed by atoms with Gasteiger partial charge in [0, 0.05) is 12.3 Å². The van der Waals surface area contributed by atoms with Crippen LogP contribution in [0.25, 0.3) is 0 Å². The second-order valence-corrected chi connectivity index (χ2v) is 1.98. The van der Waals surface area contributed by atoms with Gasteiger partial charge in [0.2, 0.25) is 0 Å². The molecule has 0 aromatic carbocycles. The Morgan fingerprint density at radius 3 is 1.55 bits per heavy atom. The van der Waals surface area contributed by atoms with Crippen LogP contribution in [0, 0.1) is 0 Å². The summed E-state index contributed by atoms with van der Waals surface area (Å²) in [5.41, 5.74) is 4.95. The van der Waals surface area contributed by atoms with Gasteiger partial charge >= 0.3 is 0 Å². The monoisotopic (exact) mass is 205 g/mol. The lowest BCUT2D eigenvalue weighted by Gasteiger charge is -1.96. The van der Waals surface area contributed by atoms with Crippen LogP contribution in [0.15, 0.2) is 0 Å². The van der Waals surface area contributed by atoms with Crippen LogP contribution in [0.5, 0.6) is 0 Å². The Balaban J connectivity index is -0.000000114. The second kappa shape index (κ2) is 16.8. The number of rotatable bonds is 3. The van der Waals surface area contributed by atoms with E-state index in [4.69, 9.17) is 21.1 Å². The molecule has 0 heterocycles. The quantitative estimate of drug-likeness (QED) is 0.368. The lowest BCUT2D eigenvalue weighted by Crippen LogP contribution is -2.15. The summed E-state index contributed by atoms with van der Waals surface area (Å²) >= 11 is 3.80. The van der Waals surface area contributed by atoms with Crippen molar-refractivity contribution >= 4 is 25.0 Å². The van der Waals surface area contributed by atoms with Gasteiger partial charge in [0.25, 0.3) is 0 Å². The SMILES string of the molecule is Cl.NCCS.OCC(O)CO. The Morgan fingerprint density at radius 1 is 1.27 bits per heavy atom. The fourth-order valence-electron chi connectivity index (χ4n) is 0.0577. The number of hydrogen-bond acceptors (Lipinski definition) is 5. The summed E-state index contributed by atoms with van der Waals surface area (Å²) in [5.74, 6) is 0.792. The Morgan fingerprint density at radius 2 is 1.55 bits per heavy atom. The largest absolute Gasteiger partial charge is 0.394 e. The molecule has 0 spiro atoms. The highest BCUT2D eigenvalue weighted by Gasteiger charge is 1.93.